The summed E-state index contributed by atoms with van der Waals surface area (Å²) in [5, 5.41) is 9.43. The highest BCUT2D eigenvalue weighted by atomic mass is 35.5. The molecule has 1 N–H and O–H groups in total. The van der Waals surface area contributed by atoms with Crippen molar-refractivity contribution in [3.8, 4) is 0 Å². The largest absolute Gasteiger partial charge is 0.395 e. The van der Waals surface area contributed by atoms with Gasteiger partial charge >= 0.3 is 0 Å². The number of pyridine rings is 1. The van der Waals surface area contributed by atoms with Crippen LogP contribution in [0, 0.1) is 0 Å². The van der Waals surface area contributed by atoms with Crippen LogP contribution in [0.1, 0.15) is 6.92 Å². The van der Waals surface area contributed by atoms with Crippen LogP contribution in [0.2, 0.25) is 5.02 Å². The fourth-order valence-electron chi connectivity index (χ4n) is 1.14. The van der Waals surface area contributed by atoms with Gasteiger partial charge in [0.25, 0.3) is 0 Å². The number of anilines is 1. The molecule has 1 rings (SSSR count). The lowest BCUT2D eigenvalue weighted by Gasteiger charge is -2.21. The van der Waals surface area contributed by atoms with E-state index in [4.69, 9.17) is 16.7 Å². The van der Waals surface area contributed by atoms with Gasteiger partial charge in [0, 0.05) is 19.3 Å². The Morgan fingerprint density at radius 2 is 2.38 bits per heavy atom. The Balaban J connectivity index is 2.84. The van der Waals surface area contributed by atoms with Crippen LogP contribution < -0.4 is 4.90 Å². The predicted octanol–water partition coefficient (Wildman–Crippen LogP) is 1.55. The molecule has 0 amide bonds. The first-order valence-electron chi connectivity index (χ1n) is 4.26. The van der Waals surface area contributed by atoms with Gasteiger partial charge in [-0.3, -0.25) is 0 Å². The molecule has 0 aliphatic heterocycles. The van der Waals surface area contributed by atoms with Crippen LogP contribution in [-0.4, -0.2) is 29.8 Å². The molecular weight excluding hydrogens is 188 g/mol. The molecule has 13 heavy (non-hydrogen) atoms. The number of hydrogen-bond donors (Lipinski definition) is 1. The number of halogens is 1. The van der Waals surface area contributed by atoms with Gasteiger partial charge in [-0.05, 0) is 19.1 Å². The molecule has 0 aliphatic carbocycles. The van der Waals surface area contributed by atoms with Crippen molar-refractivity contribution in [3.05, 3.63) is 23.4 Å². The van der Waals surface area contributed by atoms with E-state index in [-0.39, 0.29) is 6.61 Å². The minimum Gasteiger partial charge on any atom is -0.395 e. The number of aliphatic hydroxyl groups excluding tert-OH is 1. The van der Waals surface area contributed by atoms with Gasteiger partial charge in [0.05, 0.1) is 11.6 Å². The van der Waals surface area contributed by atoms with E-state index >= 15 is 0 Å². The van der Waals surface area contributed by atoms with Crippen LogP contribution >= 0.6 is 11.6 Å². The fourth-order valence-corrected chi connectivity index (χ4v) is 1.39. The molecule has 0 unspecified atom stereocenters. The third-order valence-corrected chi connectivity index (χ3v) is 2.09. The zero-order valence-corrected chi connectivity index (χ0v) is 8.33. The second-order valence-electron chi connectivity index (χ2n) is 2.61. The Morgan fingerprint density at radius 1 is 1.62 bits per heavy atom. The van der Waals surface area contributed by atoms with Gasteiger partial charge in [0.2, 0.25) is 0 Å². The van der Waals surface area contributed by atoms with E-state index in [2.05, 4.69) is 4.98 Å². The molecule has 1 aromatic heterocycles. The predicted molar refractivity (Wildman–Crippen MR) is 54.2 cm³/mol. The standard InChI is InChI=1S/C9H13ClN2O/c1-2-12(6-7-13)9-8(10)4-3-5-11-9/h3-5,13H,2,6-7H2,1H3. The van der Waals surface area contributed by atoms with Gasteiger partial charge < -0.3 is 10.0 Å². The molecule has 72 valence electrons. The second kappa shape index (κ2) is 5.04. The van der Waals surface area contributed by atoms with Crippen LogP contribution in [0.5, 0.6) is 0 Å². The molecule has 0 radical (unpaired) electrons. The SMILES string of the molecule is CCN(CCO)c1ncccc1Cl. The molecule has 0 aromatic carbocycles. The Labute approximate surface area is 83.0 Å². The van der Waals surface area contributed by atoms with E-state index < -0.39 is 0 Å². The quantitative estimate of drug-likeness (QED) is 0.802. The Kier molecular flexibility index (Phi) is 3.99. The number of likely N-dealkylation sites (N-methyl/N-ethyl adjacent to an activating group) is 1. The molecule has 0 fully saturated rings. The number of aliphatic hydroxyl groups is 1. The van der Waals surface area contributed by atoms with Gasteiger partial charge in [-0.25, -0.2) is 4.98 Å². The van der Waals surface area contributed by atoms with Crippen LogP contribution in [0.4, 0.5) is 5.82 Å². The molecular formula is C9H13ClN2O. The van der Waals surface area contributed by atoms with E-state index in [1.165, 1.54) is 0 Å². The lowest BCUT2D eigenvalue weighted by molar-refractivity contribution is 0.302. The summed E-state index contributed by atoms with van der Waals surface area (Å²) in [6.45, 7) is 3.46. The number of nitrogens with zero attached hydrogens (tertiary/aromatic N) is 2. The molecule has 0 aliphatic rings. The van der Waals surface area contributed by atoms with Crippen molar-refractivity contribution in [2.75, 3.05) is 24.6 Å². The summed E-state index contributed by atoms with van der Waals surface area (Å²) < 4.78 is 0. The second-order valence-corrected chi connectivity index (χ2v) is 3.02. The number of aromatic nitrogens is 1. The molecule has 1 aromatic rings. The first kappa shape index (κ1) is 10.3. The summed E-state index contributed by atoms with van der Waals surface area (Å²) in [5.41, 5.74) is 0. The molecule has 0 saturated heterocycles. The number of rotatable bonds is 4. The molecule has 3 nitrogen and oxygen atoms in total. The minimum absolute atomic E-state index is 0.112. The molecule has 0 spiro atoms. The van der Waals surface area contributed by atoms with E-state index in [0.717, 1.165) is 12.4 Å². The topological polar surface area (TPSA) is 36.4 Å². The monoisotopic (exact) mass is 200 g/mol. The van der Waals surface area contributed by atoms with Crippen molar-refractivity contribution < 1.29 is 5.11 Å². The van der Waals surface area contributed by atoms with E-state index in [0.29, 0.717) is 11.6 Å². The smallest absolute Gasteiger partial charge is 0.147 e. The highest BCUT2D eigenvalue weighted by Gasteiger charge is 2.07. The third kappa shape index (κ3) is 2.57. The van der Waals surface area contributed by atoms with Gasteiger partial charge in [0.1, 0.15) is 5.82 Å². The summed E-state index contributed by atoms with van der Waals surface area (Å²) in [4.78, 5) is 6.08. The lowest BCUT2D eigenvalue weighted by Crippen LogP contribution is -2.27. The normalized spacial score (nSPS) is 10.1. The highest BCUT2D eigenvalue weighted by Crippen LogP contribution is 2.21. The molecule has 4 heteroatoms. The average Bonchev–Trinajstić information content (AvgIpc) is 2.16. The third-order valence-electron chi connectivity index (χ3n) is 1.79. The Hall–Kier alpha value is -0.800. The average molecular weight is 201 g/mol. The van der Waals surface area contributed by atoms with E-state index in [1.807, 2.05) is 11.8 Å². The van der Waals surface area contributed by atoms with Crippen molar-refractivity contribution in [2.24, 2.45) is 0 Å². The van der Waals surface area contributed by atoms with Crippen molar-refractivity contribution in [2.45, 2.75) is 6.92 Å². The maximum Gasteiger partial charge on any atom is 0.147 e. The minimum atomic E-state index is 0.112. The van der Waals surface area contributed by atoms with E-state index in [1.54, 1.807) is 18.3 Å². The van der Waals surface area contributed by atoms with Crippen LogP contribution in [0.15, 0.2) is 18.3 Å². The number of hydrogen-bond acceptors (Lipinski definition) is 3. The van der Waals surface area contributed by atoms with Crippen molar-refractivity contribution in [1.29, 1.82) is 0 Å². The highest BCUT2D eigenvalue weighted by molar-refractivity contribution is 6.32. The molecule has 0 bridgehead atoms. The summed E-state index contributed by atoms with van der Waals surface area (Å²) in [6, 6.07) is 3.59. The van der Waals surface area contributed by atoms with Gasteiger partial charge in [-0.2, -0.15) is 0 Å². The first-order chi connectivity index (χ1) is 6.29. The summed E-state index contributed by atoms with van der Waals surface area (Å²) >= 11 is 5.95. The molecule has 0 saturated carbocycles. The van der Waals surface area contributed by atoms with Crippen LogP contribution in [-0.2, 0) is 0 Å². The summed E-state index contributed by atoms with van der Waals surface area (Å²) in [7, 11) is 0. The zero-order valence-electron chi connectivity index (χ0n) is 7.57. The van der Waals surface area contributed by atoms with Crippen LogP contribution in [0.3, 0.4) is 0 Å². The Morgan fingerprint density at radius 3 is 2.92 bits per heavy atom. The van der Waals surface area contributed by atoms with Gasteiger partial charge in [-0.1, -0.05) is 11.6 Å². The lowest BCUT2D eigenvalue weighted by atomic mass is 10.4. The van der Waals surface area contributed by atoms with Gasteiger partial charge in [-0.15, -0.1) is 0 Å². The first-order valence-corrected chi connectivity index (χ1v) is 4.63. The van der Waals surface area contributed by atoms with Gasteiger partial charge in [0.15, 0.2) is 0 Å². The molecule has 0 atom stereocenters. The summed E-state index contributed by atoms with van der Waals surface area (Å²) in [6.07, 6.45) is 1.70. The zero-order chi connectivity index (χ0) is 9.68. The van der Waals surface area contributed by atoms with E-state index in [9.17, 15) is 0 Å². The van der Waals surface area contributed by atoms with Crippen molar-refractivity contribution in [3.63, 3.8) is 0 Å². The maximum absolute atomic E-state index is 8.81. The Bertz CT molecular complexity index is 268. The van der Waals surface area contributed by atoms with Crippen molar-refractivity contribution in [1.82, 2.24) is 4.98 Å². The van der Waals surface area contributed by atoms with Crippen LogP contribution in [0.25, 0.3) is 0 Å². The van der Waals surface area contributed by atoms with Crippen molar-refractivity contribution >= 4 is 17.4 Å². The summed E-state index contributed by atoms with van der Waals surface area (Å²) in [5.74, 6) is 0.737. The molecule has 1 heterocycles. The fraction of sp³-hybridized carbons (Fsp3) is 0.444. The maximum atomic E-state index is 8.81.